The van der Waals surface area contributed by atoms with E-state index in [1.807, 2.05) is 0 Å². The van der Waals surface area contributed by atoms with Gasteiger partial charge in [-0.05, 0) is 38.1 Å². The van der Waals surface area contributed by atoms with Crippen LogP contribution in [0.15, 0.2) is 0 Å². The van der Waals surface area contributed by atoms with Crippen LogP contribution in [0.4, 0.5) is 0 Å². The zero-order chi connectivity index (χ0) is 10.0. The molecule has 1 heterocycles. The molecule has 0 aromatic heterocycles. The lowest BCUT2D eigenvalue weighted by molar-refractivity contribution is -0.00990. The minimum absolute atomic E-state index is 0.584. The predicted octanol–water partition coefficient (Wildman–Crippen LogP) is 0.836. The largest absolute Gasteiger partial charge is 0.379 e. The molecule has 0 bridgehead atoms. The number of rotatable bonds is 4. The van der Waals surface area contributed by atoms with Gasteiger partial charge in [-0.25, -0.2) is 0 Å². The first-order chi connectivity index (χ1) is 6.76. The smallest absolute Gasteiger partial charge is 0.0619 e. The van der Waals surface area contributed by atoms with Gasteiger partial charge in [0.15, 0.2) is 0 Å². The van der Waals surface area contributed by atoms with Crippen molar-refractivity contribution in [1.29, 1.82) is 0 Å². The molecular formula is C11H22N2O. The average Bonchev–Trinajstić information content (AvgIpc) is 2.90. The SMILES string of the molecule is CC1COCCN1CC1(CCN)CC1. The molecule has 0 aromatic rings. The normalized spacial score (nSPS) is 31.7. The summed E-state index contributed by atoms with van der Waals surface area (Å²) in [5.41, 5.74) is 6.23. The maximum Gasteiger partial charge on any atom is 0.0619 e. The topological polar surface area (TPSA) is 38.5 Å². The molecule has 2 rings (SSSR count). The van der Waals surface area contributed by atoms with Crippen LogP contribution in [0.25, 0.3) is 0 Å². The second-order valence-electron chi connectivity index (χ2n) is 4.93. The second kappa shape index (κ2) is 4.17. The van der Waals surface area contributed by atoms with E-state index in [-0.39, 0.29) is 0 Å². The van der Waals surface area contributed by atoms with Crippen LogP contribution < -0.4 is 5.73 Å². The van der Waals surface area contributed by atoms with Gasteiger partial charge in [0.05, 0.1) is 13.2 Å². The Morgan fingerprint density at radius 1 is 1.50 bits per heavy atom. The molecule has 2 N–H and O–H groups in total. The van der Waals surface area contributed by atoms with Gasteiger partial charge in [0.2, 0.25) is 0 Å². The van der Waals surface area contributed by atoms with Crippen LogP contribution >= 0.6 is 0 Å². The zero-order valence-electron chi connectivity index (χ0n) is 9.17. The van der Waals surface area contributed by atoms with Crippen molar-refractivity contribution in [1.82, 2.24) is 4.90 Å². The Balaban J connectivity index is 1.83. The van der Waals surface area contributed by atoms with E-state index in [4.69, 9.17) is 10.5 Å². The Labute approximate surface area is 86.6 Å². The molecular weight excluding hydrogens is 176 g/mol. The van der Waals surface area contributed by atoms with Crippen molar-refractivity contribution < 1.29 is 4.74 Å². The van der Waals surface area contributed by atoms with Crippen molar-refractivity contribution in [2.24, 2.45) is 11.1 Å². The van der Waals surface area contributed by atoms with E-state index in [1.165, 1.54) is 25.8 Å². The van der Waals surface area contributed by atoms with Gasteiger partial charge in [-0.1, -0.05) is 0 Å². The quantitative estimate of drug-likeness (QED) is 0.727. The Kier molecular flexibility index (Phi) is 3.10. The van der Waals surface area contributed by atoms with E-state index in [0.29, 0.717) is 11.5 Å². The Hall–Kier alpha value is -0.120. The van der Waals surface area contributed by atoms with Gasteiger partial charge >= 0.3 is 0 Å². The van der Waals surface area contributed by atoms with Gasteiger partial charge in [0.25, 0.3) is 0 Å². The second-order valence-corrected chi connectivity index (χ2v) is 4.93. The molecule has 1 aliphatic carbocycles. The van der Waals surface area contributed by atoms with Crippen LogP contribution in [0.2, 0.25) is 0 Å². The van der Waals surface area contributed by atoms with E-state index in [9.17, 15) is 0 Å². The van der Waals surface area contributed by atoms with Gasteiger partial charge in [-0.2, -0.15) is 0 Å². The Bertz CT molecular complexity index is 192. The van der Waals surface area contributed by atoms with Crippen LogP contribution in [0, 0.1) is 5.41 Å². The fourth-order valence-electron chi connectivity index (χ4n) is 2.40. The monoisotopic (exact) mass is 198 g/mol. The van der Waals surface area contributed by atoms with Crippen molar-refractivity contribution in [3.8, 4) is 0 Å². The maximum absolute atomic E-state index is 5.65. The Morgan fingerprint density at radius 3 is 2.86 bits per heavy atom. The van der Waals surface area contributed by atoms with Crippen LogP contribution in [0.1, 0.15) is 26.2 Å². The molecule has 14 heavy (non-hydrogen) atoms. The molecule has 3 heteroatoms. The fourth-order valence-corrected chi connectivity index (χ4v) is 2.40. The molecule has 1 atom stereocenters. The molecule has 1 unspecified atom stereocenters. The lowest BCUT2D eigenvalue weighted by Crippen LogP contribution is -2.46. The van der Waals surface area contributed by atoms with E-state index in [0.717, 1.165) is 26.3 Å². The first-order valence-corrected chi connectivity index (χ1v) is 5.78. The summed E-state index contributed by atoms with van der Waals surface area (Å²) >= 11 is 0. The van der Waals surface area contributed by atoms with E-state index in [2.05, 4.69) is 11.8 Å². The third-order valence-electron chi connectivity index (χ3n) is 3.68. The van der Waals surface area contributed by atoms with Gasteiger partial charge in [-0.3, -0.25) is 4.90 Å². The molecule has 0 spiro atoms. The summed E-state index contributed by atoms with van der Waals surface area (Å²) in [5, 5.41) is 0. The van der Waals surface area contributed by atoms with Gasteiger partial charge in [0, 0.05) is 19.1 Å². The summed E-state index contributed by atoms with van der Waals surface area (Å²) in [6.07, 6.45) is 3.97. The molecule has 3 nitrogen and oxygen atoms in total. The average molecular weight is 198 g/mol. The van der Waals surface area contributed by atoms with Crippen molar-refractivity contribution in [3.05, 3.63) is 0 Å². The highest BCUT2D eigenvalue weighted by Crippen LogP contribution is 2.49. The van der Waals surface area contributed by atoms with E-state index < -0.39 is 0 Å². The number of morpholine rings is 1. The summed E-state index contributed by atoms with van der Waals surface area (Å²) < 4.78 is 5.44. The summed E-state index contributed by atoms with van der Waals surface area (Å²) in [7, 11) is 0. The first-order valence-electron chi connectivity index (χ1n) is 5.78. The molecule has 2 aliphatic rings. The Morgan fingerprint density at radius 2 is 2.29 bits per heavy atom. The molecule has 2 fully saturated rings. The number of hydrogen-bond acceptors (Lipinski definition) is 3. The van der Waals surface area contributed by atoms with Gasteiger partial charge in [0.1, 0.15) is 0 Å². The number of nitrogens with two attached hydrogens (primary N) is 1. The minimum atomic E-state index is 0.584. The lowest BCUT2D eigenvalue weighted by atomic mass is 10.0. The molecule has 0 radical (unpaired) electrons. The van der Waals surface area contributed by atoms with Crippen molar-refractivity contribution in [2.75, 3.05) is 32.8 Å². The van der Waals surface area contributed by atoms with Gasteiger partial charge < -0.3 is 10.5 Å². The third kappa shape index (κ3) is 2.27. The van der Waals surface area contributed by atoms with Crippen LogP contribution in [0.3, 0.4) is 0 Å². The minimum Gasteiger partial charge on any atom is -0.379 e. The summed E-state index contributed by atoms with van der Waals surface area (Å²) in [4.78, 5) is 2.58. The maximum atomic E-state index is 5.65. The summed E-state index contributed by atoms with van der Waals surface area (Å²) in [6, 6.07) is 0.596. The third-order valence-corrected chi connectivity index (χ3v) is 3.68. The summed E-state index contributed by atoms with van der Waals surface area (Å²) in [6.45, 7) is 7.26. The van der Waals surface area contributed by atoms with Crippen molar-refractivity contribution in [3.63, 3.8) is 0 Å². The molecule has 1 saturated heterocycles. The molecule has 1 aliphatic heterocycles. The highest BCUT2D eigenvalue weighted by molar-refractivity contribution is 4.96. The molecule has 0 amide bonds. The lowest BCUT2D eigenvalue weighted by Gasteiger charge is -2.36. The molecule has 0 aromatic carbocycles. The molecule has 1 saturated carbocycles. The highest BCUT2D eigenvalue weighted by Gasteiger charge is 2.43. The van der Waals surface area contributed by atoms with Crippen LogP contribution in [0.5, 0.6) is 0 Å². The van der Waals surface area contributed by atoms with E-state index in [1.54, 1.807) is 0 Å². The predicted molar refractivity (Wildman–Crippen MR) is 57.2 cm³/mol. The summed E-state index contributed by atoms with van der Waals surface area (Å²) in [5.74, 6) is 0. The first kappa shape index (κ1) is 10.4. The van der Waals surface area contributed by atoms with Gasteiger partial charge in [-0.15, -0.1) is 0 Å². The molecule has 82 valence electrons. The van der Waals surface area contributed by atoms with Crippen molar-refractivity contribution in [2.45, 2.75) is 32.2 Å². The zero-order valence-corrected chi connectivity index (χ0v) is 9.17. The van der Waals surface area contributed by atoms with Crippen LogP contribution in [-0.4, -0.2) is 43.8 Å². The van der Waals surface area contributed by atoms with E-state index >= 15 is 0 Å². The standard InChI is InChI=1S/C11H22N2O/c1-10-8-14-7-6-13(10)9-11(2-3-11)4-5-12/h10H,2-9,12H2,1H3. The van der Waals surface area contributed by atoms with Crippen molar-refractivity contribution >= 4 is 0 Å². The fraction of sp³-hybridized carbons (Fsp3) is 1.00. The highest BCUT2D eigenvalue weighted by atomic mass is 16.5. The van der Waals surface area contributed by atoms with Crippen LogP contribution in [-0.2, 0) is 4.74 Å². The number of ether oxygens (including phenoxy) is 1. The number of nitrogens with zero attached hydrogens (tertiary/aromatic N) is 1. The number of hydrogen-bond donors (Lipinski definition) is 1.